The summed E-state index contributed by atoms with van der Waals surface area (Å²) in [4.78, 5) is 24.2. The number of aliphatic carboxylic acids is 1. The highest BCUT2D eigenvalue weighted by atomic mass is 16.4. The van der Waals surface area contributed by atoms with E-state index in [-0.39, 0.29) is 5.91 Å². The molecule has 1 atom stereocenters. The molecule has 4 heteroatoms. The number of hydrogen-bond donors (Lipinski definition) is 2. The van der Waals surface area contributed by atoms with Gasteiger partial charge >= 0.3 is 5.97 Å². The second-order valence-electron chi connectivity index (χ2n) is 5.89. The summed E-state index contributed by atoms with van der Waals surface area (Å²) >= 11 is 0. The summed E-state index contributed by atoms with van der Waals surface area (Å²) in [5, 5.41) is 12.0. The Morgan fingerprint density at radius 3 is 2.45 bits per heavy atom. The molecule has 0 heterocycles. The summed E-state index contributed by atoms with van der Waals surface area (Å²) in [5.74, 6) is -1.15. The van der Waals surface area contributed by atoms with Crippen molar-refractivity contribution in [3.63, 3.8) is 0 Å². The van der Waals surface area contributed by atoms with E-state index in [0.29, 0.717) is 12.8 Å². The number of nitrogens with one attached hydrogen (secondary N) is 1. The third kappa shape index (κ3) is 3.38. The van der Waals surface area contributed by atoms with Crippen LogP contribution in [0.15, 0.2) is 43.0 Å². The minimum atomic E-state index is -0.989. The second-order valence-corrected chi connectivity index (χ2v) is 5.89. The standard InChI is InChI=1S/C18H23NO3/c1-2-3-11-15(16(20)21)19-17(22)18(12-7-8-13-18)14-9-5-4-6-10-14/h2,4-6,9-10,15H,1,3,7-8,11-13H2,(H,19,22)(H,20,21). The van der Waals surface area contributed by atoms with Gasteiger partial charge in [-0.1, -0.05) is 49.2 Å². The number of carboxylic acids is 1. The molecule has 1 aromatic carbocycles. The first-order valence-corrected chi connectivity index (χ1v) is 7.80. The molecule has 0 aliphatic heterocycles. The van der Waals surface area contributed by atoms with E-state index in [1.165, 1.54) is 0 Å². The molecule has 22 heavy (non-hydrogen) atoms. The Morgan fingerprint density at radius 1 is 1.27 bits per heavy atom. The van der Waals surface area contributed by atoms with Crippen molar-refractivity contribution < 1.29 is 14.7 Å². The van der Waals surface area contributed by atoms with Gasteiger partial charge in [-0.3, -0.25) is 4.79 Å². The van der Waals surface area contributed by atoms with Crippen LogP contribution in [0.4, 0.5) is 0 Å². The maximum atomic E-state index is 12.8. The van der Waals surface area contributed by atoms with Crippen molar-refractivity contribution in [3.05, 3.63) is 48.6 Å². The molecule has 0 bridgehead atoms. The quantitative estimate of drug-likeness (QED) is 0.761. The molecule has 2 N–H and O–H groups in total. The average Bonchev–Trinajstić information content (AvgIpc) is 3.02. The van der Waals surface area contributed by atoms with Crippen molar-refractivity contribution in [3.8, 4) is 0 Å². The predicted molar refractivity (Wildman–Crippen MR) is 85.6 cm³/mol. The third-order valence-corrected chi connectivity index (χ3v) is 4.48. The van der Waals surface area contributed by atoms with Crippen LogP contribution >= 0.6 is 0 Å². The molecule has 1 saturated carbocycles. The number of carbonyl (C=O) groups is 2. The van der Waals surface area contributed by atoms with Crippen molar-refractivity contribution in [1.82, 2.24) is 5.32 Å². The highest BCUT2D eigenvalue weighted by Gasteiger charge is 2.43. The zero-order valence-electron chi connectivity index (χ0n) is 12.8. The highest BCUT2D eigenvalue weighted by Crippen LogP contribution is 2.41. The minimum Gasteiger partial charge on any atom is -0.480 e. The number of benzene rings is 1. The van der Waals surface area contributed by atoms with Crippen LogP contribution in [0.25, 0.3) is 0 Å². The van der Waals surface area contributed by atoms with Crippen molar-refractivity contribution >= 4 is 11.9 Å². The number of amides is 1. The number of carbonyl (C=O) groups excluding carboxylic acids is 1. The Kier molecular flexibility index (Phi) is 5.36. The maximum Gasteiger partial charge on any atom is 0.326 e. The molecule has 1 unspecified atom stereocenters. The third-order valence-electron chi connectivity index (χ3n) is 4.48. The molecular weight excluding hydrogens is 278 g/mol. The molecule has 1 aliphatic rings. The van der Waals surface area contributed by atoms with Gasteiger partial charge in [-0.25, -0.2) is 4.79 Å². The van der Waals surface area contributed by atoms with Crippen LogP contribution in [0.1, 0.15) is 44.1 Å². The van der Waals surface area contributed by atoms with Gasteiger partial charge in [0.05, 0.1) is 5.41 Å². The van der Waals surface area contributed by atoms with E-state index in [0.717, 1.165) is 31.2 Å². The minimum absolute atomic E-state index is 0.160. The average molecular weight is 301 g/mol. The normalized spacial score (nSPS) is 17.6. The summed E-state index contributed by atoms with van der Waals surface area (Å²) < 4.78 is 0. The second kappa shape index (κ2) is 7.25. The SMILES string of the molecule is C=CCCC(NC(=O)C1(c2ccccc2)CCCC1)C(=O)O. The van der Waals surface area contributed by atoms with E-state index < -0.39 is 17.4 Å². The monoisotopic (exact) mass is 301 g/mol. The Bertz CT molecular complexity index is 533. The zero-order chi connectivity index (χ0) is 16.0. The van der Waals surface area contributed by atoms with E-state index in [2.05, 4.69) is 11.9 Å². The Labute approximate surface area is 131 Å². The smallest absolute Gasteiger partial charge is 0.326 e. The molecule has 1 fully saturated rings. The summed E-state index contributed by atoms with van der Waals surface area (Å²) in [6.07, 6.45) is 6.14. The van der Waals surface area contributed by atoms with Crippen molar-refractivity contribution in [1.29, 1.82) is 0 Å². The van der Waals surface area contributed by atoms with Gasteiger partial charge in [-0.15, -0.1) is 6.58 Å². The first kappa shape index (κ1) is 16.3. The molecule has 118 valence electrons. The maximum absolute atomic E-state index is 12.8. The van der Waals surface area contributed by atoms with Gasteiger partial charge in [0.25, 0.3) is 0 Å². The van der Waals surface area contributed by atoms with Gasteiger partial charge < -0.3 is 10.4 Å². The summed E-state index contributed by atoms with van der Waals surface area (Å²) in [5.41, 5.74) is 0.404. The summed E-state index contributed by atoms with van der Waals surface area (Å²) in [7, 11) is 0. The van der Waals surface area contributed by atoms with Crippen LogP contribution in [0, 0.1) is 0 Å². The lowest BCUT2D eigenvalue weighted by atomic mass is 9.77. The fraction of sp³-hybridized carbons (Fsp3) is 0.444. The van der Waals surface area contributed by atoms with Crippen LogP contribution < -0.4 is 5.32 Å². The predicted octanol–water partition coefficient (Wildman–Crippen LogP) is 3.03. The van der Waals surface area contributed by atoms with Crippen molar-refractivity contribution in [2.45, 2.75) is 50.0 Å². The fourth-order valence-electron chi connectivity index (χ4n) is 3.22. The zero-order valence-corrected chi connectivity index (χ0v) is 12.8. The van der Waals surface area contributed by atoms with E-state index in [4.69, 9.17) is 0 Å². The van der Waals surface area contributed by atoms with Crippen LogP contribution in [0.2, 0.25) is 0 Å². The van der Waals surface area contributed by atoms with Crippen molar-refractivity contribution in [2.75, 3.05) is 0 Å². The lowest BCUT2D eigenvalue weighted by Gasteiger charge is -2.30. The number of hydrogen-bond acceptors (Lipinski definition) is 2. The summed E-state index contributed by atoms with van der Waals surface area (Å²) in [6.45, 7) is 3.60. The van der Waals surface area contributed by atoms with Gasteiger partial charge in [0.2, 0.25) is 5.91 Å². The molecule has 0 spiro atoms. The van der Waals surface area contributed by atoms with Gasteiger partial charge in [0.1, 0.15) is 6.04 Å². The van der Waals surface area contributed by atoms with Crippen LogP contribution in [0.3, 0.4) is 0 Å². The molecule has 0 radical (unpaired) electrons. The number of rotatable bonds is 7. The van der Waals surface area contributed by atoms with Gasteiger partial charge in [0.15, 0.2) is 0 Å². The largest absolute Gasteiger partial charge is 0.480 e. The molecule has 1 aliphatic carbocycles. The fourth-order valence-corrected chi connectivity index (χ4v) is 3.22. The molecule has 1 aromatic rings. The molecule has 1 amide bonds. The van der Waals surface area contributed by atoms with E-state index in [1.54, 1.807) is 6.08 Å². The first-order valence-electron chi connectivity index (χ1n) is 7.80. The lowest BCUT2D eigenvalue weighted by Crippen LogP contribution is -2.49. The van der Waals surface area contributed by atoms with E-state index in [1.807, 2.05) is 30.3 Å². The Balaban J connectivity index is 2.20. The molecular formula is C18H23NO3. The van der Waals surface area contributed by atoms with Gasteiger partial charge in [0, 0.05) is 0 Å². The Hall–Kier alpha value is -2.10. The molecule has 0 saturated heterocycles. The number of carboxylic acid groups (broad SMARTS) is 1. The first-order chi connectivity index (χ1) is 10.6. The topological polar surface area (TPSA) is 66.4 Å². The van der Waals surface area contributed by atoms with Crippen molar-refractivity contribution in [2.24, 2.45) is 0 Å². The Morgan fingerprint density at radius 2 is 1.91 bits per heavy atom. The number of allylic oxidation sites excluding steroid dienone is 1. The summed E-state index contributed by atoms with van der Waals surface area (Å²) in [6, 6.07) is 8.85. The van der Waals surface area contributed by atoms with E-state index >= 15 is 0 Å². The lowest BCUT2D eigenvalue weighted by molar-refractivity contribution is -0.143. The van der Waals surface area contributed by atoms with Gasteiger partial charge in [-0.05, 0) is 31.2 Å². The van der Waals surface area contributed by atoms with Crippen LogP contribution in [0.5, 0.6) is 0 Å². The molecule has 2 rings (SSSR count). The molecule has 4 nitrogen and oxygen atoms in total. The van der Waals surface area contributed by atoms with E-state index in [9.17, 15) is 14.7 Å². The molecule has 0 aromatic heterocycles. The van der Waals surface area contributed by atoms with Crippen LogP contribution in [-0.4, -0.2) is 23.0 Å². The van der Waals surface area contributed by atoms with Gasteiger partial charge in [-0.2, -0.15) is 0 Å². The highest BCUT2D eigenvalue weighted by molar-refractivity contribution is 5.91. The van der Waals surface area contributed by atoms with Crippen LogP contribution in [-0.2, 0) is 15.0 Å².